The first kappa shape index (κ1) is 10.6. The van der Waals surface area contributed by atoms with Crippen LogP contribution in [0.3, 0.4) is 0 Å². The van der Waals surface area contributed by atoms with Gasteiger partial charge in [-0.15, -0.1) is 0 Å². The van der Waals surface area contributed by atoms with Crippen molar-refractivity contribution >= 4 is 27.4 Å². The van der Waals surface area contributed by atoms with Gasteiger partial charge in [-0.2, -0.15) is 0 Å². The van der Waals surface area contributed by atoms with Crippen LogP contribution in [0.1, 0.15) is 0 Å². The van der Waals surface area contributed by atoms with E-state index in [1.54, 1.807) is 0 Å². The summed E-state index contributed by atoms with van der Waals surface area (Å²) in [4.78, 5) is 10.7. The normalized spacial score (nSPS) is 38.9. The Balaban J connectivity index is 2.07. The molecule has 0 spiro atoms. The predicted octanol–water partition coefficient (Wildman–Crippen LogP) is -2.41. The first-order valence-electron chi connectivity index (χ1n) is 3.95. The summed E-state index contributed by atoms with van der Waals surface area (Å²) < 4.78 is 15.3. The van der Waals surface area contributed by atoms with Crippen LogP contribution in [0.5, 0.6) is 0 Å². The Morgan fingerprint density at radius 3 is 2.64 bits per heavy atom. The van der Waals surface area contributed by atoms with Gasteiger partial charge in [0.2, 0.25) is 0 Å². The molecular formula is C6H9O7Sb. The van der Waals surface area contributed by atoms with Crippen LogP contribution in [0.15, 0.2) is 0 Å². The van der Waals surface area contributed by atoms with Gasteiger partial charge in [-0.05, 0) is 0 Å². The van der Waals surface area contributed by atoms with E-state index in [-0.39, 0.29) is 0 Å². The molecule has 0 amide bonds. The van der Waals surface area contributed by atoms with Crippen molar-refractivity contribution in [2.75, 3.05) is 6.61 Å². The number of aliphatic hydroxyl groups excluding tert-OH is 2. The Morgan fingerprint density at radius 1 is 1.43 bits per heavy atom. The van der Waals surface area contributed by atoms with Crippen molar-refractivity contribution in [2.24, 2.45) is 0 Å². The van der Waals surface area contributed by atoms with Crippen molar-refractivity contribution in [2.45, 2.75) is 24.4 Å². The van der Waals surface area contributed by atoms with E-state index in [9.17, 15) is 9.90 Å². The summed E-state index contributed by atoms with van der Waals surface area (Å²) in [5, 5.41) is 26.7. The van der Waals surface area contributed by atoms with Crippen LogP contribution in [0, 0.1) is 0 Å². The van der Waals surface area contributed by atoms with Crippen molar-refractivity contribution < 1.29 is 29.2 Å². The van der Waals surface area contributed by atoms with Gasteiger partial charge in [0.1, 0.15) is 0 Å². The topological polar surface area (TPSA) is 105 Å². The van der Waals surface area contributed by atoms with Gasteiger partial charge in [0.25, 0.3) is 0 Å². The summed E-state index contributed by atoms with van der Waals surface area (Å²) >= 11 is -2.81. The molecule has 0 radical (unpaired) electrons. The maximum atomic E-state index is 10.7. The monoisotopic (exact) mass is 314 g/mol. The summed E-state index contributed by atoms with van der Waals surface area (Å²) in [5.74, 6) is -1.12. The van der Waals surface area contributed by atoms with Crippen molar-refractivity contribution in [1.82, 2.24) is 0 Å². The van der Waals surface area contributed by atoms with Gasteiger partial charge < -0.3 is 0 Å². The number of fused-ring (bicyclic) bond motifs is 2. The Hall–Kier alpha value is 0.0882. The summed E-state index contributed by atoms with van der Waals surface area (Å²) in [7, 11) is 0. The summed E-state index contributed by atoms with van der Waals surface area (Å²) in [6, 6.07) is 0. The van der Waals surface area contributed by atoms with Crippen LogP contribution in [-0.2, 0) is 13.8 Å². The van der Waals surface area contributed by atoms with Crippen LogP contribution in [0.4, 0.5) is 0 Å². The minimum absolute atomic E-state index is 0.481. The summed E-state index contributed by atoms with van der Waals surface area (Å²) in [5.41, 5.74) is 0. The van der Waals surface area contributed by atoms with E-state index in [1.165, 1.54) is 0 Å². The van der Waals surface area contributed by atoms with Crippen LogP contribution in [0.25, 0.3) is 0 Å². The van der Waals surface area contributed by atoms with Gasteiger partial charge in [-0.3, -0.25) is 0 Å². The number of carboxylic acid groups (broad SMARTS) is 1. The van der Waals surface area contributed by atoms with E-state index in [2.05, 4.69) is 0 Å². The zero-order valence-corrected chi connectivity index (χ0v) is 9.49. The molecule has 2 aliphatic rings. The molecule has 2 heterocycles. The molecule has 4 atom stereocenters. The summed E-state index contributed by atoms with van der Waals surface area (Å²) in [6.07, 6.45) is -3.71. The molecule has 7 nitrogen and oxygen atoms in total. The standard InChI is InChI=1S/C6H9O7.Sb/c7-1-2(8)3(9)4(10)5(11)6(12)13;/h2-5,7-8H,1H2,(H,12,13);/q-3;+3/t2-,3-,4+,5-;/m1./s1. The fourth-order valence-electron chi connectivity index (χ4n) is 1.35. The molecule has 2 rings (SSSR count). The molecule has 0 saturated carbocycles. The molecule has 80 valence electrons. The number of aliphatic carboxylic acids is 1. The Morgan fingerprint density at radius 2 is 2.14 bits per heavy atom. The number of carbonyl (C=O) groups is 1. The molecule has 2 fully saturated rings. The molecule has 2 bridgehead atoms. The fraction of sp³-hybridized carbons (Fsp3) is 0.833. The third kappa shape index (κ3) is 1.64. The average Bonchev–Trinajstić information content (AvgIpc) is 2.74. The molecule has 3 N–H and O–H groups in total. The molecule has 0 aromatic rings. The number of hydrogen-bond donors (Lipinski definition) is 3. The van der Waals surface area contributed by atoms with E-state index < -0.39 is 58.5 Å². The molecule has 2 aliphatic heterocycles. The third-order valence-electron chi connectivity index (χ3n) is 2.05. The van der Waals surface area contributed by atoms with Crippen LogP contribution < -0.4 is 0 Å². The summed E-state index contributed by atoms with van der Waals surface area (Å²) in [6.45, 7) is -0.481. The van der Waals surface area contributed by atoms with Crippen LogP contribution in [-0.4, -0.2) is 73.8 Å². The third-order valence-corrected chi connectivity index (χ3v) is 5.56. The Bertz CT molecular complexity index is 246. The molecular weight excluding hydrogens is 306 g/mol. The predicted molar refractivity (Wildman–Crippen MR) is 41.1 cm³/mol. The van der Waals surface area contributed by atoms with Crippen molar-refractivity contribution in [1.29, 1.82) is 0 Å². The second kappa shape index (κ2) is 3.92. The second-order valence-electron chi connectivity index (χ2n) is 2.98. The molecule has 0 unspecified atom stereocenters. The van der Waals surface area contributed by atoms with Gasteiger partial charge >= 0.3 is 87.6 Å². The molecule has 14 heavy (non-hydrogen) atoms. The van der Waals surface area contributed by atoms with Crippen LogP contribution in [0.2, 0.25) is 0 Å². The molecule has 0 aliphatic carbocycles. The van der Waals surface area contributed by atoms with E-state index in [0.717, 1.165) is 0 Å². The molecule has 2 saturated heterocycles. The van der Waals surface area contributed by atoms with Crippen molar-refractivity contribution in [3.05, 3.63) is 0 Å². The molecule has 8 heteroatoms. The van der Waals surface area contributed by atoms with Gasteiger partial charge in [-0.25, -0.2) is 0 Å². The average molecular weight is 315 g/mol. The quantitative estimate of drug-likeness (QED) is 0.498. The molecule has 0 aromatic heterocycles. The zero-order valence-electron chi connectivity index (χ0n) is 6.94. The maximum absolute atomic E-state index is 10.7. The van der Waals surface area contributed by atoms with E-state index in [0.29, 0.717) is 0 Å². The number of carboxylic acids is 1. The Kier molecular flexibility index (Phi) is 2.97. The van der Waals surface area contributed by atoms with Gasteiger partial charge in [0, 0.05) is 0 Å². The van der Waals surface area contributed by atoms with E-state index in [4.69, 9.17) is 19.3 Å². The minimum atomic E-state index is -2.81. The van der Waals surface area contributed by atoms with Gasteiger partial charge in [0.05, 0.1) is 0 Å². The van der Waals surface area contributed by atoms with Crippen molar-refractivity contribution in [3.63, 3.8) is 0 Å². The second-order valence-corrected chi connectivity index (χ2v) is 6.06. The van der Waals surface area contributed by atoms with Crippen LogP contribution >= 0.6 is 0 Å². The van der Waals surface area contributed by atoms with E-state index >= 15 is 0 Å². The fourth-order valence-corrected chi connectivity index (χ4v) is 5.44. The Labute approximate surface area is 87.8 Å². The first-order valence-corrected chi connectivity index (χ1v) is 7.08. The molecule has 0 aromatic carbocycles. The SMILES string of the molecule is O=C(O)[C@@H]1[O][Sb]2[O][C@H]([C@H](O)CO)[C@@H]1[O]2. The van der Waals surface area contributed by atoms with E-state index in [1.807, 2.05) is 0 Å². The number of aliphatic hydroxyl groups is 2. The number of rotatable bonds is 3. The number of hydrogen-bond acceptors (Lipinski definition) is 6. The zero-order chi connectivity index (χ0) is 10.3. The van der Waals surface area contributed by atoms with Crippen molar-refractivity contribution in [3.8, 4) is 0 Å². The van der Waals surface area contributed by atoms with Gasteiger partial charge in [0.15, 0.2) is 0 Å². The van der Waals surface area contributed by atoms with Gasteiger partial charge in [-0.1, -0.05) is 0 Å². The first-order chi connectivity index (χ1) is 6.63.